The van der Waals surface area contributed by atoms with Crippen molar-refractivity contribution in [1.82, 2.24) is 9.88 Å². The summed E-state index contributed by atoms with van der Waals surface area (Å²) in [6.45, 7) is 6.84. The van der Waals surface area contributed by atoms with Crippen LogP contribution in [0, 0.1) is 11.8 Å². The topological polar surface area (TPSA) is 34.0 Å². The van der Waals surface area contributed by atoms with Gasteiger partial charge in [0.1, 0.15) is 0 Å². The molecule has 108 valence electrons. The Bertz CT molecular complexity index is 598. The molecule has 3 nitrogen and oxygen atoms in total. The molecular formula is C17H24N2O. The quantitative estimate of drug-likeness (QED) is 0.891. The molecule has 2 rings (SSSR count). The number of carbonyl (C=O) groups is 1. The molecular weight excluding hydrogens is 248 g/mol. The molecule has 0 radical (unpaired) electrons. The second-order valence-corrected chi connectivity index (χ2v) is 5.86. The average molecular weight is 272 g/mol. The number of fused-ring (bicyclic) bond motifs is 1. The van der Waals surface area contributed by atoms with Crippen LogP contribution in [0.25, 0.3) is 10.9 Å². The summed E-state index contributed by atoms with van der Waals surface area (Å²) in [5.41, 5.74) is 2.53. The Morgan fingerprint density at radius 2 is 1.95 bits per heavy atom. The Labute approximate surface area is 121 Å². The fourth-order valence-electron chi connectivity index (χ4n) is 2.41. The summed E-state index contributed by atoms with van der Waals surface area (Å²) in [4.78, 5) is 11.9. The molecule has 0 aliphatic carbocycles. The number of aromatic nitrogens is 1. The maximum absolute atomic E-state index is 11.9. The summed E-state index contributed by atoms with van der Waals surface area (Å²) >= 11 is 0. The highest BCUT2D eigenvalue weighted by Gasteiger charge is 2.16. The van der Waals surface area contributed by atoms with E-state index >= 15 is 0 Å². The standard InChI is InChI=1S/C17H24N2O/c1-12(2)13(3)17(20)18-10-9-14-11-19(4)16-8-6-5-7-15(14)16/h5-8,11-13H,9-10H2,1-4H3,(H,18,20). The molecule has 1 amide bonds. The van der Waals surface area contributed by atoms with Crippen molar-refractivity contribution in [3.63, 3.8) is 0 Å². The first kappa shape index (κ1) is 14.6. The van der Waals surface area contributed by atoms with Crippen molar-refractivity contribution in [3.8, 4) is 0 Å². The third-order valence-corrected chi connectivity index (χ3v) is 4.09. The minimum Gasteiger partial charge on any atom is -0.356 e. The van der Waals surface area contributed by atoms with Crippen LogP contribution in [0.15, 0.2) is 30.5 Å². The number of rotatable bonds is 5. The van der Waals surface area contributed by atoms with Crippen molar-refractivity contribution in [3.05, 3.63) is 36.0 Å². The number of nitrogens with zero attached hydrogens (tertiary/aromatic N) is 1. The zero-order chi connectivity index (χ0) is 14.7. The summed E-state index contributed by atoms with van der Waals surface area (Å²) in [7, 11) is 2.06. The van der Waals surface area contributed by atoms with Gasteiger partial charge < -0.3 is 9.88 Å². The van der Waals surface area contributed by atoms with Crippen LogP contribution in [-0.4, -0.2) is 17.0 Å². The number of nitrogens with one attached hydrogen (secondary N) is 1. The van der Waals surface area contributed by atoms with Gasteiger partial charge in [-0.25, -0.2) is 0 Å². The maximum atomic E-state index is 11.9. The molecule has 1 aromatic carbocycles. The molecule has 1 N–H and O–H groups in total. The van der Waals surface area contributed by atoms with Crippen LogP contribution in [0.1, 0.15) is 26.3 Å². The van der Waals surface area contributed by atoms with Crippen LogP contribution < -0.4 is 5.32 Å². The van der Waals surface area contributed by atoms with E-state index in [1.807, 2.05) is 6.92 Å². The third kappa shape index (κ3) is 3.03. The van der Waals surface area contributed by atoms with E-state index in [1.54, 1.807) is 0 Å². The molecule has 1 atom stereocenters. The highest BCUT2D eigenvalue weighted by Crippen LogP contribution is 2.20. The SMILES string of the molecule is CC(C)C(C)C(=O)NCCc1cn(C)c2ccccc12. The highest BCUT2D eigenvalue weighted by atomic mass is 16.1. The van der Waals surface area contributed by atoms with E-state index in [0.717, 1.165) is 6.42 Å². The van der Waals surface area contributed by atoms with Crippen LogP contribution >= 0.6 is 0 Å². The molecule has 0 aliphatic heterocycles. The number of aryl methyl sites for hydroxylation is 1. The molecule has 0 spiro atoms. The van der Waals surface area contributed by atoms with E-state index in [2.05, 4.69) is 61.2 Å². The Balaban J connectivity index is 1.98. The van der Waals surface area contributed by atoms with E-state index in [-0.39, 0.29) is 11.8 Å². The van der Waals surface area contributed by atoms with Gasteiger partial charge in [-0.2, -0.15) is 0 Å². The smallest absolute Gasteiger partial charge is 0.223 e. The summed E-state index contributed by atoms with van der Waals surface area (Å²) < 4.78 is 2.14. The number of amides is 1. The van der Waals surface area contributed by atoms with Crippen LogP contribution in [0.5, 0.6) is 0 Å². The van der Waals surface area contributed by atoms with E-state index in [1.165, 1.54) is 16.5 Å². The number of carbonyl (C=O) groups excluding carboxylic acids is 1. The van der Waals surface area contributed by atoms with E-state index in [4.69, 9.17) is 0 Å². The first-order valence-electron chi connectivity index (χ1n) is 7.31. The van der Waals surface area contributed by atoms with Gasteiger partial charge >= 0.3 is 0 Å². The fraction of sp³-hybridized carbons (Fsp3) is 0.471. The number of benzene rings is 1. The van der Waals surface area contributed by atoms with Gasteiger partial charge in [-0.15, -0.1) is 0 Å². The molecule has 0 saturated heterocycles. The predicted octanol–water partition coefficient (Wildman–Crippen LogP) is 3.13. The molecule has 0 saturated carbocycles. The first-order chi connectivity index (χ1) is 9.50. The molecule has 1 aromatic heterocycles. The van der Waals surface area contributed by atoms with Crippen LogP contribution in [0.2, 0.25) is 0 Å². The second kappa shape index (κ2) is 6.12. The minimum absolute atomic E-state index is 0.0718. The molecule has 1 unspecified atom stereocenters. The van der Waals surface area contributed by atoms with Gasteiger partial charge in [0.2, 0.25) is 5.91 Å². The van der Waals surface area contributed by atoms with Crippen molar-refractivity contribution in [2.24, 2.45) is 18.9 Å². The van der Waals surface area contributed by atoms with Gasteiger partial charge in [-0.3, -0.25) is 4.79 Å². The lowest BCUT2D eigenvalue weighted by atomic mass is 9.97. The lowest BCUT2D eigenvalue weighted by Crippen LogP contribution is -2.33. The lowest BCUT2D eigenvalue weighted by molar-refractivity contribution is -0.125. The van der Waals surface area contributed by atoms with Crippen LogP contribution in [-0.2, 0) is 18.3 Å². The molecule has 0 bridgehead atoms. The molecule has 3 heteroatoms. The van der Waals surface area contributed by atoms with Gasteiger partial charge in [-0.05, 0) is 24.0 Å². The van der Waals surface area contributed by atoms with Gasteiger partial charge in [0.25, 0.3) is 0 Å². The monoisotopic (exact) mass is 272 g/mol. The number of para-hydroxylation sites is 1. The first-order valence-corrected chi connectivity index (χ1v) is 7.31. The predicted molar refractivity (Wildman–Crippen MR) is 83.6 cm³/mol. The van der Waals surface area contributed by atoms with Gasteiger partial charge in [0.05, 0.1) is 0 Å². The molecule has 1 heterocycles. The largest absolute Gasteiger partial charge is 0.356 e. The Morgan fingerprint density at radius 1 is 1.25 bits per heavy atom. The Hall–Kier alpha value is -1.77. The summed E-state index contributed by atoms with van der Waals surface area (Å²) in [5.74, 6) is 0.607. The van der Waals surface area contributed by atoms with E-state index in [9.17, 15) is 4.79 Å². The lowest BCUT2D eigenvalue weighted by Gasteiger charge is -2.15. The van der Waals surface area contributed by atoms with Crippen molar-refractivity contribution in [1.29, 1.82) is 0 Å². The van der Waals surface area contributed by atoms with Crippen molar-refractivity contribution >= 4 is 16.8 Å². The van der Waals surface area contributed by atoms with Crippen molar-refractivity contribution < 1.29 is 4.79 Å². The summed E-state index contributed by atoms with van der Waals surface area (Å²) in [5, 5.41) is 4.32. The average Bonchev–Trinajstić information content (AvgIpc) is 2.75. The minimum atomic E-state index is 0.0718. The molecule has 20 heavy (non-hydrogen) atoms. The van der Waals surface area contributed by atoms with Crippen LogP contribution in [0.4, 0.5) is 0 Å². The van der Waals surface area contributed by atoms with Crippen molar-refractivity contribution in [2.75, 3.05) is 6.54 Å². The van der Waals surface area contributed by atoms with Gasteiger partial charge in [-0.1, -0.05) is 39.0 Å². The van der Waals surface area contributed by atoms with E-state index < -0.39 is 0 Å². The third-order valence-electron chi connectivity index (χ3n) is 4.09. The fourth-order valence-corrected chi connectivity index (χ4v) is 2.41. The summed E-state index contributed by atoms with van der Waals surface area (Å²) in [6, 6.07) is 8.38. The Morgan fingerprint density at radius 3 is 2.65 bits per heavy atom. The normalized spacial score (nSPS) is 12.8. The number of hydrogen-bond donors (Lipinski definition) is 1. The molecule has 0 fully saturated rings. The highest BCUT2D eigenvalue weighted by molar-refractivity contribution is 5.84. The summed E-state index contributed by atoms with van der Waals surface area (Å²) in [6.07, 6.45) is 3.03. The second-order valence-electron chi connectivity index (χ2n) is 5.86. The molecule has 0 aliphatic rings. The van der Waals surface area contributed by atoms with Gasteiger partial charge in [0, 0.05) is 36.6 Å². The van der Waals surface area contributed by atoms with Crippen molar-refractivity contribution in [2.45, 2.75) is 27.2 Å². The number of hydrogen-bond acceptors (Lipinski definition) is 1. The zero-order valence-corrected chi connectivity index (χ0v) is 12.8. The Kier molecular flexibility index (Phi) is 4.48. The zero-order valence-electron chi connectivity index (χ0n) is 12.8. The van der Waals surface area contributed by atoms with E-state index in [0.29, 0.717) is 12.5 Å². The van der Waals surface area contributed by atoms with Crippen LogP contribution in [0.3, 0.4) is 0 Å². The molecule has 2 aromatic rings. The maximum Gasteiger partial charge on any atom is 0.223 e. The van der Waals surface area contributed by atoms with Gasteiger partial charge in [0.15, 0.2) is 0 Å².